The summed E-state index contributed by atoms with van der Waals surface area (Å²) in [7, 11) is 0. The maximum atomic E-state index is 12.9. The lowest BCUT2D eigenvalue weighted by atomic mass is 10.1. The Balaban J connectivity index is 1.38. The molecule has 5 rings (SSSR count). The number of nitrogens with one attached hydrogen (secondary N) is 1. The number of aryl methyl sites for hydroxylation is 1. The first kappa shape index (κ1) is 19.4. The highest BCUT2D eigenvalue weighted by molar-refractivity contribution is 6.04. The first-order chi connectivity index (χ1) is 15.1. The summed E-state index contributed by atoms with van der Waals surface area (Å²) in [4.78, 5) is 21.6. The number of aliphatic hydroxyl groups is 1. The van der Waals surface area contributed by atoms with Crippen LogP contribution in [-0.4, -0.2) is 43.2 Å². The number of hydrogen-bond donors (Lipinski definition) is 2. The molecule has 1 unspecified atom stereocenters. The molecule has 158 valence electrons. The quantitative estimate of drug-likeness (QED) is 0.522. The normalized spacial score (nSPS) is 18.9. The minimum absolute atomic E-state index is 0.256. The number of imidazole rings is 1. The van der Waals surface area contributed by atoms with Gasteiger partial charge in [0.1, 0.15) is 17.4 Å². The largest absolute Gasteiger partial charge is 0.391 e. The molecule has 0 bridgehead atoms. The van der Waals surface area contributed by atoms with Crippen LogP contribution >= 0.6 is 0 Å². The third-order valence-corrected chi connectivity index (χ3v) is 5.36. The summed E-state index contributed by atoms with van der Waals surface area (Å²) in [5.74, 6) is 0.538. The van der Waals surface area contributed by atoms with Gasteiger partial charge in [-0.05, 0) is 43.5 Å². The molecular formula is C22H21N5O4. The highest BCUT2D eigenvalue weighted by atomic mass is 16.5. The molecule has 31 heavy (non-hydrogen) atoms. The molecule has 4 aromatic rings. The molecule has 0 spiro atoms. The van der Waals surface area contributed by atoms with Crippen LogP contribution in [0.5, 0.6) is 0 Å². The summed E-state index contributed by atoms with van der Waals surface area (Å²) >= 11 is 0. The van der Waals surface area contributed by atoms with Gasteiger partial charge in [-0.3, -0.25) is 9.20 Å². The van der Waals surface area contributed by atoms with Gasteiger partial charge in [0, 0.05) is 17.4 Å². The number of carbonyl (C=O) groups excluding carboxylic acids is 1. The number of carbonyl (C=O) groups is 1. The van der Waals surface area contributed by atoms with Gasteiger partial charge >= 0.3 is 0 Å². The van der Waals surface area contributed by atoms with Crippen molar-refractivity contribution in [2.75, 3.05) is 11.9 Å². The zero-order chi connectivity index (χ0) is 21.4. The number of rotatable bonds is 4. The first-order valence-electron chi connectivity index (χ1n) is 10.1. The standard InChI is InChI=1S/C22H21N5O4/c1-13-5-6-14(20-25-22(31-26-20)18-8-7-15(28)12-30-18)10-16(13)24-21(29)17-11-23-19-4-2-3-9-27(17)19/h2-6,9-11,15,18,28H,7-8,12H2,1H3,(H,24,29)/t15-,18?/m0/s1. The average molecular weight is 419 g/mol. The predicted molar refractivity (Wildman–Crippen MR) is 112 cm³/mol. The zero-order valence-electron chi connectivity index (χ0n) is 16.9. The summed E-state index contributed by atoms with van der Waals surface area (Å²) in [5.41, 5.74) is 3.41. The monoisotopic (exact) mass is 419 g/mol. The molecule has 9 nitrogen and oxygen atoms in total. The number of benzene rings is 1. The van der Waals surface area contributed by atoms with Crippen molar-refractivity contribution in [2.24, 2.45) is 0 Å². The third-order valence-electron chi connectivity index (χ3n) is 5.36. The van der Waals surface area contributed by atoms with E-state index in [0.717, 1.165) is 5.56 Å². The Hall–Kier alpha value is -3.56. The molecule has 2 N–H and O–H groups in total. The predicted octanol–water partition coefficient (Wildman–Crippen LogP) is 3.16. The Morgan fingerprint density at radius 1 is 1.26 bits per heavy atom. The molecule has 0 radical (unpaired) electrons. The van der Waals surface area contributed by atoms with Gasteiger partial charge in [-0.1, -0.05) is 23.4 Å². The van der Waals surface area contributed by atoms with Gasteiger partial charge in [-0.25, -0.2) is 4.98 Å². The lowest BCUT2D eigenvalue weighted by Crippen LogP contribution is -2.24. The van der Waals surface area contributed by atoms with Crippen LogP contribution in [0.25, 0.3) is 17.0 Å². The van der Waals surface area contributed by atoms with E-state index >= 15 is 0 Å². The van der Waals surface area contributed by atoms with Gasteiger partial charge in [0.15, 0.2) is 0 Å². The van der Waals surface area contributed by atoms with E-state index in [-0.39, 0.29) is 18.6 Å². The molecule has 1 amide bonds. The molecule has 9 heteroatoms. The van der Waals surface area contributed by atoms with E-state index in [4.69, 9.17) is 9.26 Å². The highest BCUT2D eigenvalue weighted by Gasteiger charge is 2.26. The zero-order valence-corrected chi connectivity index (χ0v) is 16.9. The summed E-state index contributed by atoms with van der Waals surface area (Å²) in [6.45, 7) is 2.17. The first-order valence-corrected chi connectivity index (χ1v) is 10.1. The van der Waals surface area contributed by atoms with E-state index in [1.165, 1.54) is 0 Å². The number of hydrogen-bond acceptors (Lipinski definition) is 7. The van der Waals surface area contributed by atoms with Crippen LogP contribution in [0, 0.1) is 6.92 Å². The van der Waals surface area contributed by atoms with Crippen molar-refractivity contribution in [3.05, 3.63) is 65.9 Å². The average Bonchev–Trinajstić information content (AvgIpc) is 3.43. The van der Waals surface area contributed by atoms with E-state index in [0.29, 0.717) is 47.1 Å². The Labute approximate surface area is 177 Å². The van der Waals surface area contributed by atoms with Gasteiger partial charge in [0.2, 0.25) is 5.82 Å². The third kappa shape index (κ3) is 3.80. The van der Waals surface area contributed by atoms with Crippen molar-refractivity contribution < 1.29 is 19.2 Å². The van der Waals surface area contributed by atoms with Crippen LogP contribution < -0.4 is 5.32 Å². The Bertz CT molecular complexity index is 1240. The number of anilines is 1. The van der Waals surface area contributed by atoms with Gasteiger partial charge < -0.3 is 19.7 Å². The number of nitrogens with zero attached hydrogens (tertiary/aromatic N) is 4. The second-order valence-corrected chi connectivity index (χ2v) is 7.57. The number of fused-ring (bicyclic) bond motifs is 1. The minimum Gasteiger partial charge on any atom is -0.391 e. The van der Waals surface area contributed by atoms with Crippen LogP contribution in [0.3, 0.4) is 0 Å². The van der Waals surface area contributed by atoms with E-state index in [1.54, 1.807) is 16.8 Å². The van der Waals surface area contributed by atoms with Crippen molar-refractivity contribution in [2.45, 2.75) is 32.0 Å². The fourth-order valence-electron chi connectivity index (χ4n) is 3.60. The second kappa shape index (κ2) is 7.93. The maximum Gasteiger partial charge on any atom is 0.274 e. The van der Waals surface area contributed by atoms with Crippen LogP contribution in [-0.2, 0) is 4.74 Å². The van der Waals surface area contributed by atoms with Crippen molar-refractivity contribution in [3.63, 3.8) is 0 Å². The van der Waals surface area contributed by atoms with Gasteiger partial charge in [0.25, 0.3) is 11.8 Å². The minimum atomic E-state index is -0.449. The van der Waals surface area contributed by atoms with E-state index in [1.807, 2.05) is 43.3 Å². The molecule has 0 aliphatic carbocycles. The molecule has 1 aliphatic heterocycles. The molecule has 1 saturated heterocycles. The lowest BCUT2D eigenvalue weighted by Gasteiger charge is -2.23. The van der Waals surface area contributed by atoms with E-state index < -0.39 is 6.10 Å². The number of ether oxygens (including phenoxy) is 1. The van der Waals surface area contributed by atoms with Crippen molar-refractivity contribution in [3.8, 4) is 11.4 Å². The van der Waals surface area contributed by atoms with Crippen LogP contribution in [0.4, 0.5) is 5.69 Å². The van der Waals surface area contributed by atoms with Gasteiger partial charge in [-0.2, -0.15) is 4.98 Å². The summed E-state index contributed by atoms with van der Waals surface area (Å²) < 4.78 is 12.7. The number of pyridine rings is 1. The molecule has 3 aromatic heterocycles. The Kier molecular flexibility index (Phi) is 4.97. The smallest absolute Gasteiger partial charge is 0.274 e. The molecule has 1 aliphatic rings. The number of aromatic nitrogens is 4. The summed E-state index contributed by atoms with van der Waals surface area (Å²) in [5, 5.41) is 16.6. The van der Waals surface area contributed by atoms with Crippen molar-refractivity contribution >= 4 is 17.2 Å². The van der Waals surface area contributed by atoms with E-state index in [2.05, 4.69) is 20.4 Å². The molecule has 0 saturated carbocycles. The Morgan fingerprint density at radius 3 is 3.00 bits per heavy atom. The van der Waals surface area contributed by atoms with Crippen molar-refractivity contribution in [1.82, 2.24) is 19.5 Å². The number of aliphatic hydroxyl groups excluding tert-OH is 1. The molecule has 2 atom stereocenters. The van der Waals surface area contributed by atoms with Crippen LogP contribution in [0.1, 0.15) is 40.9 Å². The SMILES string of the molecule is Cc1ccc(-c2noc(C3CC[C@H](O)CO3)n2)cc1NC(=O)c1cnc2ccccn12. The molecule has 1 fully saturated rings. The summed E-state index contributed by atoms with van der Waals surface area (Å²) in [6.07, 6.45) is 3.84. The Morgan fingerprint density at radius 2 is 2.16 bits per heavy atom. The second-order valence-electron chi connectivity index (χ2n) is 7.57. The fourth-order valence-corrected chi connectivity index (χ4v) is 3.60. The van der Waals surface area contributed by atoms with Gasteiger partial charge in [-0.15, -0.1) is 0 Å². The molecular weight excluding hydrogens is 398 g/mol. The highest BCUT2D eigenvalue weighted by Crippen LogP contribution is 2.30. The maximum absolute atomic E-state index is 12.9. The molecule has 1 aromatic carbocycles. The summed E-state index contributed by atoms with van der Waals surface area (Å²) in [6, 6.07) is 11.1. The number of amides is 1. The van der Waals surface area contributed by atoms with Crippen LogP contribution in [0.15, 0.2) is 53.3 Å². The van der Waals surface area contributed by atoms with Crippen LogP contribution in [0.2, 0.25) is 0 Å². The topological polar surface area (TPSA) is 115 Å². The lowest BCUT2D eigenvalue weighted by molar-refractivity contribution is -0.0681. The molecule has 4 heterocycles. The fraction of sp³-hybridized carbons (Fsp3) is 0.273. The van der Waals surface area contributed by atoms with E-state index in [9.17, 15) is 9.90 Å². The van der Waals surface area contributed by atoms with Gasteiger partial charge in [0.05, 0.1) is 18.9 Å². The van der Waals surface area contributed by atoms with Crippen molar-refractivity contribution in [1.29, 1.82) is 0 Å².